The number of hydrogen-bond acceptors (Lipinski definition) is 0. The number of rotatable bonds is 0. The highest BCUT2D eigenvalue weighted by Crippen LogP contribution is 2.46. The Labute approximate surface area is 81.0 Å². The molecule has 0 bridgehead atoms. The van der Waals surface area contributed by atoms with Crippen molar-refractivity contribution in [3.8, 4) is 0 Å². The molecule has 2 aliphatic rings. The fourth-order valence-electron chi connectivity index (χ4n) is 2.83. The van der Waals surface area contributed by atoms with Crippen molar-refractivity contribution in [3.63, 3.8) is 0 Å². The van der Waals surface area contributed by atoms with E-state index in [0.717, 1.165) is 12.8 Å². The fraction of sp³-hybridized carbons (Fsp3) is 0.538. The molecule has 0 amide bonds. The zero-order valence-electron chi connectivity index (χ0n) is 8.31. The first kappa shape index (κ1) is 8.80. The second kappa shape index (κ2) is 3.17. The third kappa shape index (κ3) is 1.39. The summed E-state index contributed by atoms with van der Waals surface area (Å²) in [6, 6.07) is 0. The Hall–Kier alpha value is -0.780. The second-order valence-electron chi connectivity index (χ2n) is 4.45. The quantitative estimate of drug-likeness (QED) is 0.489. The van der Waals surface area contributed by atoms with Gasteiger partial charge in [-0.25, -0.2) is 0 Å². The molecule has 0 aromatic carbocycles. The molecule has 2 atom stereocenters. The van der Waals surface area contributed by atoms with E-state index in [-0.39, 0.29) is 0 Å². The molecule has 0 radical (unpaired) electrons. The highest BCUT2D eigenvalue weighted by atomic mass is 14.4. The van der Waals surface area contributed by atoms with Crippen molar-refractivity contribution in [2.24, 2.45) is 11.8 Å². The molecule has 0 heteroatoms. The van der Waals surface area contributed by atoms with Crippen LogP contribution in [0.5, 0.6) is 0 Å². The summed E-state index contributed by atoms with van der Waals surface area (Å²) in [6.45, 7) is 12.5. The zero-order valence-corrected chi connectivity index (χ0v) is 8.31. The summed E-state index contributed by atoms with van der Waals surface area (Å²) in [5, 5.41) is 0. The Kier molecular flexibility index (Phi) is 2.15. The number of fused-ring (bicyclic) bond motifs is 1. The van der Waals surface area contributed by atoms with Crippen LogP contribution in [0.2, 0.25) is 0 Å². The fourth-order valence-corrected chi connectivity index (χ4v) is 2.83. The third-order valence-electron chi connectivity index (χ3n) is 3.59. The van der Waals surface area contributed by atoms with Crippen LogP contribution in [0.1, 0.15) is 32.1 Å². The normalized spacial score (nSPS) is 34.6. The summed E-state index contributed by atoms with van der Waals surface area (Å²) in [6.07, 6.45) is 6.10. The molecule has 0 heterocycles. The lowest BCUT2D eigenvalue weighted by molar-refractivity contribution is 0.350. The summed E-state index contributed by atoms with van der Waals surface area (Å²) in [7, 11) is 0. The van der Waals surface area contributed by atoms with Gasteiger partial charge in [0.05, 0.1) is 0 Å². The average Bonchev–Trinajstić information content (AvgIpc) is 2.12. The molecular formula is C13H18. The molecule has 0 aromatic rings. The van der Waals surface area contributed by atoms with Gasteiger partial charge in [0.25, 0.3) is 0 Å². The van der Waals surface area contributed by atoms with Crippen molar-refractivity contribution in [1.29, 1.82) is 0 Å². The van der Waals surface area contributed by atoms with Gasteiger partial charge in [0.1, 0.15) is 0 Å². The lowest BCUT2D eigenvalue weighted by atomic mass is 9.65. The van der Waals surface area contributed by atoms with Crippen molar-refractivity contribution in [2.45, 2.75) is 32.1 Å². The van der Waals surface area contributed by atoms with Gasteiger partial charge in [-0.05, 0) is 38.0 Å². The van der Waals surface area contributed by atoms with Crippen LogP contribution in [-0.4, -0.2) is 0 Å². The predicted octanol–water partition coefficient (Wildman–Crippen LogP) is 3.87. The molecule has 13 heavy (non-hydrogen) atoms. The molecule has 2 rings (SSSR count). The van der Waals surface area contributed by atoms with E-state index in [2.05, 4.69) is 19.7 Å². The maximum absolute atomic E-state index is 4.19. The largest absolute Gasteiger partial charge is 0.0995 e. The van der Waals surface area contributed by atoms with E-state index < -0.39 is 0 Å². The Balaban J connectivity index is 2.27. The first-order chi connectivity index (χ1) is 6.20. The van der Waals surface area contributed by atoms with Gasteiger partial charge >= 0.3 is 0 Å². The van der Waals surface area contributed by atoms with Crippen LogP contribution in [0.15, 0.2) is 36.5 Å². The molecule has 0 N–H and O–H groups in total. The lowest BCUT2D eigenvalue weighted by Crippen LogP contribution is -2.28. The molecule has 0 aliphatic heterocycles. The van der Waals surface area contributed by atoms with Gasteiger partial charge in [0.15, 0.2) is 0 Å². The van der Waals surface area contributed by atoms with Crippen molar-refractivity contribution in [1.82, 2.24) is 0 Å². The minimum atomic E-state index is 0.579. The molecule has 0 nitrogen and oxygen atoms in total. The smallest absolute Gasteiger partial charge is 0.00671 e. The van der Waals surface area contributed by atoms with Crippen LogP contribution in [0, 0.1) is 11.8 Å². The Morgan fingerprint density at radius 2 is 1.46 bits per heavy atom. The van der Waals surface area contributed by atoms with E-state index >= 15 is 0 Å². The molecule has 0 spiro atoms. The predicted molar refractivity (Wildman–Crippen MR) is 57.5 cm³/mol. The molecule has 0 saturated heterocycles. The van der Waals surface area contributed by atoms with E-state index in [9.17, 15) is 0 Å². The van der Waals surface area contributed by atoms with Gasteiger partial charge < -0.3 is 0 Å². The van der Waals surface area contributed by atoms with Gasteiger partial charge in [0.2, 0.25) is 0 Å². The van der Waals surface area contributed by atoms with E-state index in [1.165, 1.54) is 36.0 Å². The Bertz CT molecular complexity index is 262. The minimum absolute atomic E-state index is 0.579. The van der Waals surface area contributed by atoms with Crippen molar-refractivity contribution >= 4 is 0 Å². The molecule has 2 unspecified atom stereocenters. The van der Waals surface area contributed by atoms with Crippen LogP contribution >= 0.6 is 0 Å². The molecule has 70 valence electrons. The van der Waals surface area contributed by atoms with E-state index in [1.807, 2.05) is 0 Å². The maximum Gasteiger partial charge on any atom is 0.00671 e. The lowest BCUT2D eigenvalue weighted by Gasteiger charge is -2.40. The first-order valence-electron chi connectivity index (χ1n) is 5.23. The van der Waals surface area contributed by atoms with Crippen LogP contribution in [-0.2, 0) is 0 Å². The van der Waals surface area contributed by atoms with Gasteiger partial charge in [-0.2, -0.15) is 0 Å². The van der Waals surface area contributed by atoms with Crippen LogP contribution in [0.25, 0.3) is 0 Å². The second-order valence-corrected chi connectivity index (χ2v) is 4.45. The van der Waals surface area contributed by atoms with Crippen molar-refractivity contribution < 1.29 is 0 Å². The van der Waals surface area contributed by atoms with Crippen LogP contribution in [0.4, 0.5) is 0 Å². The monoisotopic (exact) mass is 174 g/mol. The van der Waals surface area contributed by atoms with E-state index in [4.69, 9.17) is 0 Å². The zero-order chi connectivity index (χ0) is 9.42. The van der Waals surface area contributed by atoms with E-state index in [0.29, 0.717) is 11.8 Å². The summed E-state index contributed by atoms with van der Waals surface area (Å²) in [5.41, 5.74) is 4.25. The van der Waals surface area contributed by atoms with Crippen LogP contribution < -0.4 is 0 Å². The molecular weight excluding hydrogens is 156 g/mol. The maximum atomic E-state index is 4.19. The topological polar surface area (TPSA) is 0 Å². The SMILES string of the molecule is C=C1CCC(=C)C2C(=C)CCCC12. The molecule has 2 aliphatic carbocycles. The van der Waals surface area contributed by atoms with Crippen molar-refractivity contribution in [3.05, 3.63) is 36.5 Å². The van der Waals surface area contributed by atoms with Gasteiger partial charge in [-0.15, -0.1) is 0 Å². The number of allylic oxidation sites excluding steroid dienone is 3. The molecule has 0 aromatic heterocycles. The first-order valence-corrected chi connectivity index (χ1v) is 5.23. The van der Waals surface area contributed by atoms with Gasteiger partial charge in [-0.1, -0.05) is 36.5 Å². The number of hydrogen-bond donors (Lipinski definition) is 0. The van der Waals surface area contributed by atoms with Crippen molar-refractivity contribution in [2.75, 3.05) is 0 Å². The van der Waals surface area contributed by atoms with Crippen LogP contribution in [0.3, 0.4) is 0 Å². The van der Waals surface area contributed by atoms with E-state index in [1.54, 1.807) is 0 Å². The Morgan fingerprint density at radius 3 is 2.15 bits per heavy atom. The molecule has 2 fully saturated rings. The highest BCUT2D eigenvalue weighted by Gasteiger charge is 2.34. The van der Waals surface area contributed by atoms with Gasteiger partial charge in [0, 0.05) is 5.92 Å². The highest BCUT2D eigenvalue weighted by molar-refractivity contribution is 5.29. The average molecular weight is 174 g/mol. The summed E-state index contributed by atoms with van der Waals surface area (Å²) < 4.78 is 0. The summed E-state index contributed by atoms with van der Waals surface area (Å²) >= 11 is 0. The molecule has 2 saturated carbocycles. The Morgan fingerprint density at radius 1 is 0.846 bits per heavy atom. The summed E-state index contributed by atoms with van der Waals surface area (Å²) in [5.74, 6) is 1.26. The standard InChI is InChI=1S/C13H18/c1-9-7-8-11(3)13-10(2)5-4-6-12(9)13/h12-13H,1-8H2. The van der Waals surface area contributed by atoms with Gasteiger partial charge in [-0.3, -0.25) is 0 Å². The summed E-state index contributed by atoms with van der Waals surface area (Å²) in [4.78, 5) is 0. The third-order valence-corrected chi connectivity index (χ3v) is 3.59. The minimum Gasteiger partial charge on any atom is -0.0995 e.